The minimum absolute atomic E-state index is 0.279. The number of aliphatic hydroxyl groups is 1. The lowest BCUT2D eigenvalue weighted by molar-refractivity contribution is -0.146. The Balaban J connectivity index is 3.29. The first-order valence-electron chi connectivity index (χ1n) is 7.50. The van der Waals surface area contributed by atoms with E-state index in [0.29, 0.717) is 6.54 Å². The summed E-state index contributed by atoms with van der Waals surface area (Å²) < 4.78 is 0. The number of aliphatic hydroxyl groups excluding tert-OH is 1. The lowest BCUT2D eigenvalue weighted by Gasteiger charge is -2.09. The summed E-state index contributed by atoms with van der Waals surface area (Å²) in [5, 5.41) is 22.3. The van der Waals surface area contributed by atoms with Gasteiger partial charge in [0, 0.05) is 6.54 Å². The first-order chi connectivity index (χ1) is 9.57. The second kappa shape index (κ2) is 12.7. The summed E-state index contributed by atoms with van der Waals surface area (Å²) in [5.74, 6) is -1.34. The van der Waals surface area contributed by atoms with Gasteiger partial charge in [-0.05, 0) is 6.42 Å². The fourth-order valence-electron chi connectivity index (χ4n) is 1.80. The Morgan fingerprint density at radius 2 is 1.50 bits per heavy atom. The molecule has 2 amide bonds. The maximum atomic E-state index is 11.3. The van der Waals surface area contributed by atoms with Gasteiger partial charge in [-0.1, -0.05) is 51.9 Å². The van der Waals surface area contributed by atoms with Crippen molar-refractivity contribution in [3.8, 4) is 0 Å². The van der Waals surface area contributed by atoms with Crippen LogP contribution in [0.5, 0.6) is 0 Å². The molecule has 20 heavy (non-hydrogen) atoms. The Morgan fingerprint density at radius 3 is 2.05 bits per heavy atom. The highest BCUT2D eigenvalue weighted by molar-refractivity contribution is 5.76. The summed E-state index contributed by atoms with van der Waals surface area (Å²) in [4.78, 5) is 21.6. The first-order valence-corrected chi connectivity index (χ1v) is 7.50. The van der Waals surface area contributed by atoms with Crippen LogP contribution in [-0.4, -0.2) is 41.4 Å². The number of carbonyl (C=O) groups is 2. The van der Waals surface area contributed by atoms with Gasteiger partial charge in [0.15, 0.2) is 6.10 Å². The fraction of sp³-hybridized carbons (Fsp3) is 0.857. The van der Waals surface area contributed by atoms with Gasteiger partial charge in [0.1, 0.15) is 0 Å². The van der Waals surface area contributed by atoms with Crippen molar-refractivity contribution >= 4 is 12.0 Å². The molecule has 0 radical (unpaired) electrons. The normalized spacial score (nSPS) is 11.9. The third-order valence-corrected chi connectivity index (χ3v) is 3.06. The Kier molecular flexibility index (Phi) is 11.9. The molecule has 0 rings (SSSR count). The summed E-state index contributed by atoms with van der Waals surface area (Å²) >= 11 is 0. The number of hydrogen-bond acceptors (Lipinski definition) is 3. The van der Waals surface area contributed by atoms with E-state index >= 15 is 0 Å². The van der Waals surface area contributed by atoms with Gasteiger partial charge >= 0.3 is 12.0 Å². The van der Waals surface area contributed by atoms with Crippen LogP contribution in [0.4, 0.5) is 4.79 Å². The van der Waals surface area contributed by atoms with Crippen molar-refractivity contribution < 1.29 is 19.8 Å². The largest absolute Gasteiger partial charge is 0.479 e. The summed E-state index contributed by atoms with van der Waals surface area (Å²) in [6, 6.07) is -0.437. The second-order valence-corrected chi connectivity index (χ2v) is 4.97. The molecule has 0 aromatic heterocycles. The van der Waals surface area contributed by atoms with Crippen molar-refractivity contribution in [2.24, 2.45) is 0 Å². The monoisotopic (exact) mass is 288 g/mol. The predicted octanol–water partition coefficient (Wildman–Crippen LogP) is 1.87. The molecule has 0 bridgehead atoms. The van der Waals surface area contributed by atoms with Gasteiger partial charge in [-0.15, -0.1) is 0 Å². The van der Waals surface area contributed by atoms with E-state index in [1.165, 1.54) is 38.5 Å². The highest BCUT2D eigenvalue weighted by atomic mass is 16.4. The zero-order valence-corrected chi connectivity index (χ0v) is 12.4. The summed E-state index contributed by atoms with van der Waals surface area (Å²) in [7, 11) is 0. The Hall–Kier alpha value is -1.30. The Bertz CT molecular complexity index is 272. The van der Waals surface area contributed by atoms with Crippen LogP contribution in [0.3, 0.4) is 0 Å². The van der Waals surface area contributed by atoms with E-state index in [9.17, 15) is 9.59 Å². The van der Waals surface area contributed by atoms with Gasteiger partial charge in [-0.3, -0.25) is 0 Å². The fourth-order valence-corrected chi connectivity index (χ4v) is 1.80. The molecule has 0 saturated heterocycles. The molecule has 118 valence electrons. The topological polar surface area (TPSA) is 98.7 Å². The van der Waals surface area contributed by atoms with Crippen molar-refractivity contribution in [3.63, 3.8) is 0 Å². The number of amides is 2. The van der Waals surface area contributed by atoms with Crippen molar-refractivity contribution in [2.45, 2.75) is 64.4 Å². The number of aliphatic carboxylic acids is 1. The summed E-state index contributed by atoms with van der Waals surface area (Å²) in [5.41, 5.74) is 0. The SMILES string of the molecule is CCCCCCCCCCNC(=O)NCC(O)C(=O)O. The molecule has 0 aliphatic carbocycles. The molecule has 0 fully saturated rings. The highest BCUT2D eigenvalue weighted by Gasteiger charge is 2.13. The molecule has 0 aliphatic rings. The Morgan fingerprint density at radius 1 is 0.950 bits per heavy atom. The van der Waals surface area contributed by atoms with Crippen LogP contribution in [-0.2, 0) is 4.79 Å². The van der Waals surface area contributed by atoms with E-state index in [4.69, 9.17) is 10.2 Å². The van der Waals surface area contributed by atoms with E-state index in [0.717, 1.165) is 12.8 Å². The van der Waals surface area contributed by atoms with E-state index in [2.05, 4.69) is 17.6 Å². The average molecular weight is 288 g/mol. The van der Waals surface area contributed by atoms with E-state index in [-0.39, 0.29) is 6.54 Å². The molecule has 0 aliphatic heterocycles. The van der Waals surface area contributed by atoms with Gasteiger partial charge in [-0.2, -0.15) is 0 Å². The predicted molar refractivity (Wildman–Crippen MR) is 77.7 cm³/mol. The van der Waals surface area contributed by atoms with E-state index < -0.39 is 18.1 Å². The number of nitrogens with one attached hydrogen (secondary N) is 2. The third-order valence-electron chi connectivity index (χ3n) is 3.06. The van der Waals surface area contributed by atoms with Gasteiger partial charge < -0.3 is 20.8 Å². The van der Waals surface area contributed by atoms with Crippen LogP contribution in [0.2, 0.25) is 0 Å². The molecule has 6 heteroatoms. The number of urea groups is 1. The molecule has 0 aromatic carbocycles. The smallest absolute Gasteiger partial charge is 0.334 e. The number of unbranched alkanes of at least 4 members (excludes halogenated alkanes) is 7. The first kappa shape index (κ1) is 18.7. The Labute approximate surface area is 120 Å². The van der Waals surface area contributed by atoms with Gasteiger partial charge in [0.2, 0.25) is 0 Å². The van der Waals surface area contributed by atoms with Crippen molar-refractivity contribution in [3.05, 3.63) is 0 Å². The van der Waals surface area contributed by atoms with Crippen LogP contribution < -0.4 is 10.6 Å². The second-order valence-electron chi connectivity index (χ2n) is 4.97. The molecule has 0 saturated carbocycles. The number of hydrogen-bond donors (Lipinski definition) is 4. The van der Waals surface area contributed by atoms with Crippen LogP contribution >= 0.6 is 0 Å². The minimum atomic E-state index is -1.55. The van der Waals surface area contributed by atoms with E-state index in [1.807, 2.05) is 0 Å². The van der Waals surface area contributed by atoms with Crippen LogP contribution in [0, 0.1) is 0 Å². The van der Waals surface area contributed by atoms with Crippen LogP contribution in [0.25, 0.3) is 0 Å². The number of carboxylic acids is 1. The molecule has 0 heterocycles. The summed E-state index contributed by atoms with van der Waals surface area (Å²) in [6.07, 6.45) is 8.05. The molecule has 4 N–H and O–H groups in total. The molecule has 0 aromatic rings. The number of carboxylic acid groups (broad SMARTS) is 1. The van der Waals surface area contributed by atoms with Crippen molar-refractivity contribution in [1.82, 2.24) is 10.6 Å². The third kappa shape index (κ3) is 11.8. The maximum absolute atomic E-state index is 11.3. The maximum Gasteiger partial charge on any atom is 0.334 e. The lowest BCUT2D eigenvalue weighted by atomic mass is 10.1. The highest BCUT2D eigenvalue weighted by Crippen LogP contribution is 2.07. The summed E-state index contributed by atoms with van der Waals surface area (Å²) in [6.45, 7) is 2.49. The van der Waals surface area contributed by atoms with Crippen LogP contribution in [0.1, 0.15) is 58.3 Å². The molecular weight excluding hydrogens is 260 g/mol. The molecule has 1 atom stereocenters. The van der Waals surface area contributed by atoms with Gasteiger partial charge in [-0.25, -0.2) is 9.59 Å². The molecule has 6 nitrogen and oxygen atoms in total. The molecular formula is C14H28N2O4. The van der Waals surface area contributed by atoms with Crippen molar-refractivity contribution in [1.29, 1.82) is 0 Å². The zero-order valence-electron chi connectivity index (χ0n) is 12.4. The zero-order chi connectivity index (χ0) is 15.2. The molecule has 0 spiro atoms. The van der Waals surface area contributed by atoms with E-state index in [1.54, 1.807) is 0 Å². The standard InChI is InChI=1S/C14H28N2O4/c1-2-3-4-5-6-7-8-9-10-15-14(20)16-11-12(17)13(18)19/h12,17H,2-11H2,1H3,(H,18,19)(H2,15,16,20). The number of rotatable bonds is 12. The lowest BCUT2D eigenvalue weighted by Crippen LogP contribution is -2.42. The van der Waals surface area contributed by atoms with Gasteiger partial charge in [0.25, 0.3) is 0 Å². The minimum Gasteiger partial charge on any atom is -0.479 e. The van der Waals surface area contributed by atoms with Crippen molar-refractivity contribution in [2.75, 3.05) is 13.1 Å². The average Bonchev–Trinajstić information content (AvgIpc) is 2.42. The van der Waals surface area contributed by atoms with Crippen LogP contribution in [0.15, 0.2) is 0 Å². The quantitative estimate of drug-likeness (QED) is 0.412. The molecule has 1 unspecified atom stereocenters. The van der Waals surface area contributed by atoms with Gasteiger partial charge in [0.05, 0.1) is 6.54 Å². The number of carbonyl (C=O) groups excluding carboxylic acids is 1.